The van der Waals surface area contributed by atoms with Crippen LogP contribution in [-0.2, 0) is 14.8 Å². The van der Waals surface area contributed by atoms with Gasteiger partial charge in [-0.05, 0) is 31.1 Å². The minimum Gasteiger partial charge on any atom is -0.396 e. The van der Waals surface area contributed by atoms with Crippen LogP contribution in [0.5, 0.6) is 0 Å². The first kappa shape index (κ1) is 17.4. The highest BCUT2D eigenvalue weighted by Gasteiger charge is 2.36. The van der Waals surface area contributed by atoms with E-state index in [4.69, 9.17) is 5.11 Å². The fourth-order valence-electron chi connectivity index (χ4n) is 2.49. The van der Waals surface area contributed by atoms with Crippen molar-refractivity contribution in [2.45, 2.75) is 45.6 Å². The second-order valence-electron chi connectivity index (χ2n) is 6.24. The Hall–Kier alpha value is -0.660. The van der Waals surface area contributed by atoms with E-state index in [0.29, 0.717) is 25.9 Å². The fourth-order valence-corrected chi connectivity index (χ4v) is 3.61. The van der Waals surface area contributed by atoms with Crippen LogP contribution in [0.25, 0.3) is 0 Å². The lowest BCUT2D eigenvalue weighted by atomic mass is 9.88. The van der Waals surface area contributed by atoms with Crippen LogP contribution in [-0.4, -0.2) is 55.7 Å². The molecule has 1 aliphatic heterocycles. The summed E-state index contributed by atoms with van der Waals surface area (Å²) >= 11 is 0. The molecule has 0 radical (unpaired) electrons. The highest BCUT2D eigenvalue weighted by molar-refractivity contribution is 7.88. The number of carbonyl (C=O) groups excluding carboxylic acids is 1. The normalized spacial score (nSPS) is 21.1. The van der Waals surface area contributed by atoms with Crippen LogP contribution in [0.4, 0.5) is 0 Å². The first-order chi connectivity index (χ1) is 9.17. The summed E-state index contributed by atoms with van der Waals surface area (Å²) in [6, 6.07) is -0.571. The van der Waals surface area contributed by atoms with Gasteiger partial charge in [-0.3, -0.25) is 4.79 Å². The van der Waals surface area contributed by atoms with Gasteiger partial charge in [0.1, 0.15) is 6.04 Å². The van der Waals surface area contributed by atoms with Gasteiger partial charge < -0.3 is 10.4 Å². The maximum atomic E-state index is 12.2. The predicted molar refractivity (Wildman–Crippen MR) is 77.7 cm³/mol. The lowest BCUT2D eigenvalue weighted by Crippen LogP contribution is -2.47. The van der Waals surface area contributed by atoms with Crippen molar-refractivity contribution in [2.24, 2.45) is 5.41 Å². The Balaban J connectivity index is 2.54. The van der Waals surface area contributed by atoms with Crippen molar-refractivity contribution in [3.63, 3.8) is 0 Å². The summed E-state index contributed by atoms with van der Waals surface area (Å²) in [6.45, 7) is 5.09. The molecule has 1 unspecified atom stereocenters. The van der Waals surface area contributed by atoms with E-state index >= 15 is 0 Å². The second kappa shape index (κ2) is 6.87. The zero-order valence-corrected chi connectivity index (χ0v) is 13.4. The van der Waals surface area contributed by atoms with Gasteiger partial charge in [0.15, 0.2) is 0 Å². The average Bonchev–Trinajstić information content (AvgIpc) is 2.82. The molecule has 1 fully saturated rings. The molecule has 6 nitrogen and oxygen atoms in total. The molecule has 0 aromatic rings. The molecule has 1 amide bonds. The summed E-state index contributed by atoms with van der Waals surface area (Å²) in [6.07, 6.45) is 3.95. The molecule has 1 atom stereocenters. The predicted octanol–water partition coefficient (Wildman–Crippen LogP) is 0.325. The first-order valence-electron chi connectivity index (χ1n) is 7.03. The molecule has 1 heterocycles. The van der Waals surface area contributed by atoms with E-state index in [1.165, 1.54) is 4.31 Å². The molecule has 0 aromatic carbocycles. The number of rotatable bonds is 7. The lowest BCUT2D eigenvalue weighted by molar-refractivity contribution is -0.124. The van der Waals surface area contributed by atoms with Crippen LogP contribution in [0.2, 0.25) is 0 Å². The van der Waals surface area contributed by atoms with Crippen molar-refractivity contribution < 1.29 is 18.3 Å². The largest absolute Gasteiger partial charge is 0.396 e. The summed E-state index contributed by atoms with van der Waals surface area (Å²) in [5.41, 5.74) is -0.104. The third-order valence-electron chi connectivity index (χ3n) is 3.69. The van der Waals surface area contributed by atoms with E-state index in [1.807, 2.05) is 13.8 Å². The van der Waals surface area contributed by atoms with E-state index in [9.17, 15) is 13.2 Å². The summed E-state index contributed by atoms with van der Waals surface area (Å²) in [5.74, 6) is -0.218. The van der Waals surface area contributed by atoms with Crippen molar-refractivity contribution in [1.82, 2.24) is 9.62 Å². The van der Waals surface area contributed by atoms with Crippen LogP contribution >= 0.6 is 0 Å². The Kier molecular flexibility index (Phi) is 5.97. The van der Waals surface area contributed by atoms with Crippen molar-refractivity contribution in [3.05, 3.63) is 0 Å². The van der Waals surface area contributed by atoms with Crippen molar-refractivity contribution in [2.75, 3.05) is 26.0 Å². The van der Waals surface area contributed by atoms with Gasteiger partial charge in [-0.15, -0.1) is 0 Å². The Bertz CT molecular complexity index is 434. The van der Waals surface area contributed by atoms with Crippen LogP contribution < -0.4 is 5.32 Å². The van der Waals surface area contributed by atoms with Gasteiger partial charge in [-0.2, -0.15) is 4.31 Å². The standard InChI is InChI=1S/C13H26N2O4S/c1-13(2,7-5-9-16)10-14-12(17)11-6-4-8-15(11)20(3,18)19/h11,16H,4-10H2,1-3H3,(H,14,17). The Labute approximate surface area is 121 Å². The van der Waals surface area contributed by atoms with Crippen LogP contribution in [0, 0.1) is 5.41 Å². The van der Waals surface area contributed by atoms with Crippen molar-refractivity contribution >= 4 is 15.9 Å². The number of aliphatic hydroxyl groups is 1. The summed E-state index contributed by atoms with van der Waals surface area (Å²) in [4.78, 5) is 12.2. The molecule has 0 bridgehead atoms. The van der Waals surface area contributed by atoms with E-state index in [-0.39, 0.29) is 17.9 Å². The Morgan fingerprint density at radius 1 is 1.45 bits per heavy atom. The summed E-state index contributed by atoms with van der Waals surface area (Å²) < 4.78 is 24.5. The zero-order chi connectivity index (χ0) is 15.4. The van der Waals surface area contributed by atoms with Gasteiger partial charge in [0.2, 0.25) is 15.9 Å². The highest BCUT2D eigenvalue weighted by atomic mass is 32.2. The summed E-state index contributed by atoms with van der Waals surface area (Å²) in [5, 5.41) is 11.7. The smallest absolute Gasteiger partial charge is 0.238 e. The minimum absolute atomic E-state index is 0.104. The molecule has 1 rings (SSSR count). The Morgan fingerprint density at radius 3 is 2.65 bits per heavy atom. The molecule has 1 aliphatic rings. The third kappa shape index (κ3) is 5.03. The molecule has 20 heavy (non-hydrogen) atoms. The van der Waals surface area contributed by atoms with E-state index in [2.05, 4.69) is 5.32 Å². The van der Waals surface area contributed by atoms with E-state index in [1.54, 1.807) is 0 Å². The van der Waals surface area contributed by atoms with Crippen LogP contribution in [0.3, 0.4) is 0 Å². The molecular weight excluding hydrogens is 280 g/mol. The topological polar surface area (TPSA) is 86.7 Å². The fraction of sp³-hybridized carbons (Fsp3) is 0.923. The maximum Gasteiger partial charge on any atom is 0.238 e. The van der Waals surface area contributed by atoms with Crippen molar-refractivity contribution in [1.29, 1.82) is 0 Å². The SMILES string of the molecule is CC(C)(CCCO)CNC(=O)C1CCCN1S(C)(=O)=O. The molecule has 1 saturated heterocycles. The van der Waals surface area contributed by atoms with Crippen LogP contribution in [0.15, 0.2) is 0 Å². The molecule has 118 valence electrons. The number of nitrogens with one attached hydrogen (secondary N) is 1. The average molecular weight is 306 g/mol. The van der Waals surface area contributed by atoms with Gasteiger partial charge in [0, 0.05) is 19.7 Å². The molecular formula is C13H26N2O4S. The van der Waals surface area contributed by atoms with Crippen molar-refractivity contribution in [3.8, 4) is 0 Å². The monoisotopic (exact) mass is 306 g/mol. The number of amides is 1. The summed E-state index contributed by atoms with van der Waals surface area (Å²) in [7, 11) is -3.33. The minimum atomic E-state index is -3.33. The molecule has 0 saturated carbocycles. The molecule has 0 aromatic heterocycles. The molecule has 7 heteroatoms. The highest BCUT2D eigenvalue weighted by Crippen LogP contribution is 2.23. The number of hydrogen-bond acceptors (Lipinski definition) is 4. The van der Waals surface area contributed by atoms with E-state index in [0.717, 1.165) is 19.1 Å². The van der Waals surface area contributed by atoms with Gasteiger partial charge in [0.25, 0.3) is 0 Å². The number of hydrogen-bond donors (Lipinski definition) is 2. The van der Waals surface area contributed by atoms with Gasteiger partial charge in [-0.25, -0.2) is 8.42 Å². The Morgan fingerprint density at radius 2 is 2.10 bits per heavy atom. The second-order valence-corrected chi connectivity index (χ2v) is 8.18. The maximum absolute atomic E-state index is 12.2. The first-order valence-corrected chi connectivity index (χ1v) is 8.87. The zero-order valence-electron chi connectivity index (χ0n) is 12.6. The lowest BCUT2D eigenvalue weighted by Gasteiger charge is -2.27. The van der Waals surface area contributed by atoms with E-state index < -0.39 is 16.1 Å². The van der Waals surface area contributed by atoms with Gasteiger partial charge in [-0.1, -0.05) is 13.8 Å². The van der Waals surface area contributed by atoms with Crippen LogP contribution in [0.1, 0.15) is 39.5 Å². The number of nitrogens with zero attached hydrogens (tertiary/aromatic N) is 1. The third-order valence-corrected chi connectivity index (χ3v) is 4.97. The number of sulfonamides is 1. The molecule has 0 aliphatic carbocycles. The quantitative estimate of drug-likeness (QED) is 0.709. The van der Waals surface area contributed by atoms with Gasteiger partial charge >= 0.3 is 0 Å². The molecule has 0 spiro atoms. The number of carbonyl (C=O) groups is 1. The molecule has 2 N–H and O–H groups in total. The number of aliphatic hydroxyl groups excluding tert-OH is 1. The van der Waals surface area contributed by atoms with Gasteiger partial charge in [0.05, 0.1) is 6.26 Å².